The molecule has 3 heteroatoms. The summed E-state index contributed by atoms with van der Waals surface area (Å²) in [5.41, 5.74) is 2.40. The number of hydrogen-bond donors (Lipinski definition) is 2. The molecule has 3 nitrogen and oxygen atoms in total. The van der Waals surface area contributed by atoms with Gasteiger partial charge >= 0.3 is 0 Å². The van der Waals surface area contributed by atoms with Gasteiger partial charge in [0.05, 0.1) is 0 Å². The molecule has 0 saturated heterocycles. The monoisotopic (exact) mass is 283 g/mol. The van der Waals surface area contributed by atoms with E-state index in [1.807, 2.05) is 36.4 Å². The largest absolute Gasteiger partial charge is 0.457 e. The van der Waals surface area contributed by atoms with Crippen molar-refractivity contribution in [2.75, 3.05) is 6.61 Å². The van der Waals surface area contributed by atoms with Gasteiger partial charge < -0.3 is 15.2 Å². The molecule has 110 valence electrons. The molecule has 0 radical (unpaired) electrons. The third kappa shape index (κ3) is 4.31. The molecule has 2 aromatic rings. The van der Waals surface area contributed by atoms with Crippen molar-refractivity contribution in [2.24, 2.45) is 0 Å². The zero-order valence-corrected chi connectivity index (χ0v) is 12.1. The molecule has 1 aliphatic carbocycles. The first-order valence-electron chi connectivity index (χ1n) is 7.53. The summed E-state index contributed by atoms with van der Waals surface area (Å²) in [4.78, 5) is 0. The second-order valence-corrected chi connectivity index (χ2v) is 5.52. The van der Waals surface area contributed by atoms with Crippen LogP contribution in [-0.2, 0) is 13.0 Å². The van der Waals surface area contributed by atoms with Crippen molar-refractivity contribution in [3.63, 3.8) is 0 Å². The van der Waals surface area contributed by atoms with Crippen LogP contribution in [-0.4, -0.2) is 17.8 Å². The fourth-order valence-electron chi connectivity index (χ4n) is 2.21. The molecule has 0 unspecified atom stereocenters. The summed E-state index contributed by atoms with van der Waals surface area (Å²) in [6, 6.07) is 16.8. The van der Waals surface area contributed by atoms with Crippen LogP contribution in [0.1, 0.15) is 24.0 Å². The summed E-state index contributed by atoms with van der Waals surface area (Å²) in [6.45, 7) is 1.11. The van der Waals surface area contributed by atoms with E-state index in [1.54, 1.807) is 0 Å². The summed E-state index contributed by atoms with van der Waals surface area (Å²) in [7, 11) is 0. The number of ether oxygens (including phenoxy) is 1. The molecule has 0 bridgehead atoms. The van der Waals surface area contributed by atoms with Crippen molar-refractivity contribution in [1.82, 2.24) is 5.32 Å². The first-order chi connectivity index (χ1) is 10.3. The zero-order valence-electron chi connectivity index (χ0n) is 12.1. The van der Waals surface area contributed by atoms with Gasteiger partial charge in [-0.2, -0.15) is 0 Å². The van der Waals surface area contributed by atoms with Crippen molar-refractivity contribution >= 4 is 0 Å². The van der Waals surface area contributed by atoms with E-state index in [-0.39, 0.29) is 6.61 Å². The Morgan fingerprint density at radius 2 is 1.48 bits per heavy atom. The average molecular weight is 283 g/mol. The van der Waals surface area contributed by atoms with Gasteiger partial charge in [0.1, 0.15) is 11.5 Å². The van der Waals surface area contributed by atoms with E-state index in [2.05, 4.69) is 17.4 Å². The lowest BCUT2D eigenvalue weighted by molar-refractivity contribution is 0.299. The number of hydrogen-bond acceptors (Lipinski definition) is 3. The molecular weight excluding hydrogens is 262 g/mol. The van der Waals surface area contributed by atoms with E-state index >= 15 is 0 Å². The molecule has 0 aliphatic heterocycles. The molecule has 3 rings (SSSR count). The third-order valence-electron chi connectivity index (χ3n) is 3.66. The predicted molar refractivity (Wildman–Crippen MR) is 83.6 cm³/mol. The summed E-state index contributed by atoms with van der Waals surface area (Å²) < 4.78 is 5.82. The quantitative estimate of drug-likeness (QED) is 0.819. The van der Waals surface area contributed by atoms with Crippen molar-refractivity contribution in [2.45, 2.75) is 31.8 Å². The highest BCUT2D eigenvalue weighted by Crippen LogP contribution is 2.23. The minimum Gasteiger partial charge on any atom is -0.457 e. The smallest absolute Gasteiger partial charge is 0.127 e. The fourth-order valence-corrected chi connectivity index (χ4v) is 2.21. The second-order valence-electron chi connectivity index (χ2n) is 5.52. The number of aliphatic hydroxyl groups is 1. The minimum atomic E-state index is 0.177. The van der Waals surface area contributed by atoms with E-state index < -0.39 is 0 Å². The molecule has 0 amide bonds. The van der Waals surface area contributed by atoms with Crippen LogP contribution in [0.5, 0.6) is 11.5 Å². The van der Waals surface area contributed by atoms with Gasteiger partial charge in [0.25, 0.3) is 0 Å². The van der Waals surface area contributed by atoms with E-state index in [1.165, 1.54) is 18.4 Å². The maximum atomic E-state index is 8.90. The lowest BCUT2D eigenvalue weighted by Crippen LogP contribution is -2.14. The molecule has 2 aromatic carbocycles. The number of nitrogens with one attached hydrogen (secondary N) is 1. The molecule has 0 spiro atoms. The first kappa shape index (κ1) is 14.1. The van der Waals surface area contributed by atoms with Gasteiger partial charge in [-0.25, -0.2) is 0 Å². The molecule has 0 heterocycles. The van der Waals surface area contributed by atoms with E-state index in [4.69, 9.17) is 9.84 Å². The maximum Gasteiger partial charge on any atom is 0.127 e. The normalized spacial score (nSPS) is 14.1. The van der Waals surface area contributed by atoms with Crippen molar-refractivity contribution in [3.05, 3.63) is 59.7 Å². The zero-order chi connectivity index (χ0) is 14.5. The Kier molecular flexibility index (Phi) is 4.53. The third-order valence-corrected chi connectivity index (χ3v) is 3.66. The van der Waals surface area contributed by atoms with Crippen LogP contribution in [0, 0.1) is 0 Å². The van der Waals surface area contributed by atoms with Crippen LogP contribution in [0.15, 0.2) is 48.5 Å². The lowest BCUT2D eigenvalue weighted by atomic mass is 10.1. The summed E-state index contributed by atoms with van der Waals surface area (Å²) >= 11 is 0. The molecule has 0 aromatic heterocycles. The van der Waals surface area contributed by atoms with Gasteiger partial charge in [0.15, 0.2) is 0 Å². The Hall–Kier alpha value is -1.84. The van der Waals surface area contributed by atoms with Crippen molar-refractivity contribution in [3.8, 4) is 11.5 Å². The van der Waals surface area contributed by atoms with Crippen LogP contribution in [0.4, 0.5) is 0 Å². The molecule has 21 heavy (non-hydrogen) atoms. The average Bonchev–Trinajstić information content (AvgIpc) is 3.33. The van der Waals surface area contributed by atoms with Crippen molar-refractivity contribution in [1.29, 1.82) is 0 Å². The van der Waals surface area contributed by atoms with Gasteiger partial charge in [-0.05, 0) is 54.7 Å². The molecule has 2 N–H and O–H groups in total. The molecule has 1 aliphatic rings. The van der Waals surface area contributed by atoms with Crippen LogP contribution < -0.4 is 10.1 Å². The Labute approximate surface area is 125 Å². The maximum absolute atomic E-state index is 8.90. The Balaban J connectivity index is 1.56. The summed E-state index contributed by atoms with van der Waals surface area (Å²) in [5.74, 6) is 1.67. The highest BCUT2D eigenvalue weighted by Gasteiger charge is 2.19. The predicted octanol–water partition coefficient (Wildman–Crippen LogP) is 3.27. The first-order valence-corrected chi connectivity index (χ1v) is 7.53. The van der Waals surface area contributed by atoms with Gasteiger partial charge in [-0.3, -0.25) is 0 Å². The van der Waals surface area contributed by atoms with Crippen LogP contribution >= 0.6 is 0 Å². The van der Waals surface area contributed by atoms with Crippen molar-refractivity contribution < 1.29 is 9.84 Å². The number of benzene rings is 2. The highest BCUT2D eigenvalue weighted by molar-refractivity contribution is 5.34. The van der Waals surface area contributed by atoms with Gasteiger partial charge in [-0.15, -0.1) is 0 Å². The molecular formula is C18H21NO2. The number of rotatable bonds is 7. The van der Waals surface area contributed by atoms with Gasteiger partial charge in [0, 0.05) is 19.2 Å². The number of aliphatic hydroxyl groups excluding tert-OH is 1. The Morgan fingerprint density at radius 3 is 2.00 bits per heavy atom. The lowest BCUT2D eigenvalue weighted by Gasteiger charge is -2.08. The van der Waals surface area contributed by atoms with Gasteiger partial charge in [-0.1, -0.05) is 24.3 Å². The second kappa shape index (κ2) is 6.74. The topological polar surface area (TPSA) is 41.5 Å². The van der Waals surface area contributed by atoms with Crippen LogP contribution in [0.25, 0.3) is 0 Å². The van der Waals surface area contributed by atoms with Crippen LogP contribution in [0.2, 0.25) is 0 Å². The SMILES string of the molecule is OCCc1ccc(Oc2ccc(CNC3CC3)cc2)cc1. The van der Waals surface area contributed by atoms with E-state index in [0.717, 1.165) is 29.6 Å². The molecule has 1 saturated carbocycles. The van der Waals surface area contributed by atoms with Crippen LogP contribution in [0.3, 0.4) is 0 Å². The van der Waals surface area contributed by atoms with E-state index in [9.17, 15) is 0 Å². The van der Waals surface area contributed by atoms with Gasteiger partial charge in [0.2, 0.25) is 0 Å². The minimum absolute atomic E-state index is 0.177. The summed E-state index contributed by atoms with van der Waals surface area (Å²) in [5, 5.41) is 12.4. The Bertz CT molecular complexity index is 559. The molecule has 0 atom stereocenters. The molecule has 1 fully saturated rings. The van der Waals surface area contributed by atoms with E-state index in [0.29, 0.717) is 6.42 Å². The highest BCUT2D eigenvalue weighted by atomic mass is 16.5. The Morgan fingerprint density at radius 1 is 0.905 bits per heavy atom. The fraction of sp³-hybridized carbons (Fsp3) is 0.333. The summed E-state index contributed by atoms with van der Waals surface area (Å²) in [6.07, 6.45) is 3.31. The standard InChI is InChI=1S/C18H21NO2/c20-12-11-14-1-7-17(8-2-14)21-18-9-3-15(4-10-18)13-19-16-5-6-16/h1-4,7-10,16,19-20H,5-6,11-13H2.